The van der Waals surface area contributed by atoms with Crippen LogP contribution >= 0.6 is 0 Å². The monoisotopic (exact) mass is 410 g/mol. The van der Waals surface area contributed by atoms with Gasteiger partial charge in [0.25, 0.3) is 11.8 Å². The van der Waals surface area contributed by atoms with Crippen molar-refractivity contribution in [3.63, 3.8) is 0 Å². The van der Waals surface area contributed by atoms with E-state index in [2.05, 4.69) is 10.4 Å². The number of amides is 2. The molecule has 0 saturated carbocycles. The molecule has 1 aliphatic rings. The van der Waals surface area contributed by atoms with Gasteiger partial charge >= 0.3 is 5.97 Å². The fourth-order valence-electron chi connectivity index (χ4n) is 3.87. The van der Waals surface area contributed by atoms with Gasteiger partial charge in [0.2, 0.25) is 0 Å². The van der Waals surface area contributed by atoms with Crippen molar-refractivity contribution < 1.29 is 23.9 Å². The third-order valence-corrected chi connectivity index (χ3v) is 5.42. The van der Waals surface area contributed by atoms with Crippen molar-refractivity contribution in [1.82, 2.24) is 20.0 Å². The zero-order valence-electron chi connectivity index (χ0n) is 16.7. The molecule has 1 fully saturated rings. The van der Waals surface area contributed by atoms with E-state index in [0.29, 0.717) is 28.6 Å². The molecule has 2 aromatic heterocycles. The number of carboxylic acids is 1. The van der Waals surface area contributed by atoms with Gasteiger partial charge < -0.3 is 19.7 Å². The number of para-hydroxylation sites is 1. The number of fused-ring (bicyclic) bond motifs is 1. The molecule has 1 saturated heterocycles. The quantitative estimate of drug-likeness (QED) is 0.663. The standard InChI is InChI=1S/C21H22N4O5/c1-3-12-8-16(24(2)23-12)19(26)22-13-9-17(21(28)29)25(10-13)20(27)15-11-30-18-7-5-4-6-14(15)18/h4-8,11,13,17H,3,9-10H2,1-2H3,(H,22,26)(H,28,29)/t13-,17+/m1/s1. The molecule has 0 unspecified atom stereocenters. The van der Waals surface area contributed by atoms with Gasteiger partial charge in [0.1, 0.15) is 23.6 Å². The highest BCUT2D eigenvalue weighted by atomic mass is 16.4. The van der Waals surface area contributed by atoms with E-state index in [1.165, 1.54) is 15.8 Å². The van der Waals surface area contributed by atoms with Gasteiger partial charge in [0.05, 0.1) is 11.3 Å². The number of likely N-dealkylation sites (tertiary alicyclic amines) is 1. The number of carbonyl (C=O) groups is 3. The molecule has 4 rings (SSSR count). The number of nitrogens with zero attached hydrogens (tertiary/aromatic N) is 3. The molecule has 0 radical (unpaired) electrons. The molecule has 1 aliphatic heterocycles. The topological polar surface area (TPSA) is 118 Å². The number of furan rings is 1. The van der Waals surface area contributed by atoms with E-state index in [4.69, 9.17) is 4.42 Å². The van der Waals surface area contributed by atoms with Crippen molar-refractivity contribution >= 4 is 28.8 Å². The smallest absolute Gasteiger partial charge is 0.326 e. The van der Waals surface area contributed by atoms with Gasteiger partial charge in [-0.1, -0.05) is 25.1 Å². The van der Waals surface area contributed by atoms with Gasteiger partial charge in [-0.25, -0.2) is 4.79 Å². The lowest BCUT2D eigenvalue weighted by Gasteiger charge is -2.20. The Kier molecular flexibility index (Phi) is 5.03. The lowest BCUT2D eigenvalue weighted by atomic mass is 10.1. The molecule has 156 valence electrons. The Labute approximate surface area is 172 Å². The number of hydrogen-bond donors (Lipinski definition) is 2. The van der Waals surface area contributed by atoms with Crippen LogP contribution in [0.3, 0.4) is 0 Å². The van der Waals surface area contributed by atoms with Crippen molar-refractivity contribution in [2.45, 2.75) is 31.8 Å². The second kappa shape index (κ2) is 7.66. The molecule has 2 amide bonds. The number of aryl methyl sites for hydroxylation is 2. The second-order valence-electron chi connectivity index (χ2n) is 7.36. The molecule has 0 aliphatic carbocycles. The highest BCUT2D eigenvalue weighted by Gasteiger charge is 2.41. The van der Waals surface area contributed by atoms with Crippen molar-refractivity contribution in [2.24, 2.45) is 7.05 Å². The third kappa shape index (κ3) is 3.42. The maximum Gasteiger partial charge on any atom is 0.326 e. The summed E-state index contributed by atoms with van der Waals surface area (Å²) in [4.78, 5) is 38.9. The Morgan fingerprint density at radius 2 is 2.07 bits per heavy atom. The van der Waals surface area contributed by atoms with Crippen LogP contribution in [0, 0.1) is 0 Å². The van der Waals surface area contributed by atoms with Gasteiger partial charge in [-0.15, -0.1) is 0 Å². The summed E-state index contributed by atoms with van der Waals surface area (Å²) in [7, 11) is 1.68. The summed E-state index contributed by atoms with van der Waals surface area (Å²) in [6, 6.07) is 7.27. The zero-order chi connectivity index (χ0) is 21.4. The first-order valence-electron chi connectivity index (χ1n) is 9.72. The first kappa shape index (κ1) is 19.7. The molecule has 3 aromatic rings. The van der Waals surface area contributed by atoms with Gasteiger partial charge in [-0.3, -0.25) is 14.3 Å². The number of carboxylic acid groups (broad SMARTS) is 1. The molecule has 0 spiro atoms. The van der Waals surface area contributed by atoms with E-state index in [0.717, 1.165) is 5.69 Å². The van der Waals surface area contributed by atoms with E-state index >= 15 is 0 Å². The van der Waals surface area contributed by atoms with Crippen LogP contribution in [-0.4, -0.2) is 56.2 Å². The van der Waals surface area contributed by atoms with Crippen LogP contribution in [0.1, 0.15) is 39.9 Å². The Balaban J connectivity index is 1.54. The molecule has 2 N–H and O–H groups in total. The first-order valence-corrected chi connectivity index (χ1v) is 9.72. The van der Waals surface area contributed by atoms with Crippen molar-refractivity contribution in [2.75, 3.05) is 6.54 Å². The van der Waals surface area contributed by atoms with E-state index < -0.39 is 24.0 Å². The Hall–Kier alpha value is -3.62. The number of benzene rings is 1. The van der Waals surface area contributed by atoms with Crippen LogP contribution in [0.25, 0.3) is 11.0 Å². The fraction of sp³-hybridized carbons (Fsp3) is 0.333. The van der Waals surface area contributed by atoms with Crippen LogP contribution in [0.2, 0.25) is 0 Å². The minimum absolute atomic E-state index is 0.0968. The molecular formula is C21H22N4O5. The number of rotatable bonds is 5. The fourth-order valence-corrected chi connectivity index (χ4v) is 3.87. The van der Waals surface area contributed by atoms with Crippen LogP contribution in [0.15, 0.2) is 41.0 Å². The molecule has 9 nitrogen and oxygen atoms in total. The number of aromatic nitrogens is 2. The summed E-state index contributed by atoms with van der Waals surface area (Å²) in [6.07, 6.45) is 2.17. The van der Waals surface area contributed by atoms with Crippen LogP contribution in [-0.2, 0) is 18.3 Å². The van der Waals surface area contributed by atoms with Gasteiger partial charge in [0, 0.05) is 31.4 Å². The number of aliphatic carboxylic acids is 1. The van der Waals surface area contributed by atoms with Gasteiger partial charge in [-0.2, -0.15) is 5.10 Å². The van der Waals surface area contributed by atoms with Crippen LogP contribution in [0.5, 0.6) is 0 Å². The average molecular weight is 410 g/mol. The number of hydrogen-bond acceptors (Lipinski definition) is 5. The van der Waals surface area contributed by atoms with Crippen LogP contribution < -0.4 is 5.32 Å². The Morgan fingerprint density at radius 1 is 1.30 bits per heavy atom. The van der Waals surface area contributed by atoms with Crippen molar-refractivity contribution in [3.05, 3.63) is 53.5 Å². The average Bonchev–Trinajstić information content (AvgIpc) is 3.43. The number of carbonyl (C=O) groups excluding carboxylic acids is 2. The normalized spacial score (nSPS) is 18.7. The zero-order valence-corrected chi connectivity index (χ0v) is 16.7. The van der Waals surface area contributed by atoms with Gasteiger partial charge in [-0.05, 0) is 18.6 Å². The molecule has 1 aromatic carbocycles. The summed E-state index contributed by atoms with van der Waals surface area (Å²) >= 11 is 0. The lowest BCUT2D eigenvalue weighted by molar-refractivity contribution is -0.141. The molecule has 30 heavy (non-hydrogen) atoms. The largest absolute Gasteiger partial charge is 0.480 e. The molecule has 2 atom stereocenters. The lowest BCUT2D eigenvalue weighted by Crippen LogP contribution is -2.41. The minimum atomic E-state index is -1.11. The maximum absolute atomic E-state index is 13.1. The molecule has 9 heteroatoms. The highest BCUT2D eigenvalue weighted by molar-refractivity contribution is 6.07. The summed E-state index contributed by atoms with van der Waals surface area (Å²) in [5.41, 5.74) is 2.05. The third-order valence-electron chi connectivity index (χ3n) is 5.42. The minimum Gasteiger partial charge on any atom is -0.480 e. The van der Waals surface area contributed by atoms with E-state index in [9.17, 15) is 19.5 Å². The van der Waals surface area contributed by atoms with E-state index in [1.807, 2.05) is 6.92 Å². The summed E-state index contributed by atoms with van der Waals surface area (Å²) < 4.78 is 6.92. The maximum atomic E-state index is 13.1. The summed E-state index contributed by atoms with van der Waals surface area (Å²) in [5.74, 6) is -1.89. The second-order valence-corrected chi connectivity index (χ2v) is 7.36. The Bertz CT molecular complexity index is 1130. The van der Waals surface area contributed by atoms with E-state index in [1.54, 1.807) is 37.4 Å². The SMILES string of the molecule is CCc1cc(C(=O)N[C@@H]2C[C@@H](C(=O)O)N(C(=O)c3coc4ccccc34)C2)n(C)n1. The van der Waals surface area contributed by atoms with Crippen LogP contribution in [0.4, 0.5) is 0 Å². The predicted octanol–water partition coefficient (Wildman–Crippen LogP) is 1.83. The van der Waals surface area contributed by atoms with Crippen molar-refractivity contribution in [1.29, 1.82) is 0 Å². The van der Waals surface area contributed by atoms with Crippen molar-refractivity contribution in [3.8, 4) is 0 Å². The summed E-state index contributed by atoms with van der Waals surface area (Å²) in [6.45, 7) is 2.04. The van der Waals surface area contributed by atoms with Gasteiger partial charge in [0.15, 0.2) is 0 Å². The van der Waals surface area contributed by atoms with E-state index in [-0.39, 0.29) is 18.9 Å². The predicted molar refractivity (Wildman–Crippen MR) is 107 cm³/mol. The first-order chi connectivity index (χ1) is 14.4. The summed E-state index contributed by atoms with van der Waals surface area (Å²) in [5, 5.41) is 17.4. The number of nitrogens with one attached hydrogen (secondary N) is 1. The highest BCUT2D eigenvalue weighted by Crippen LogP contribution is 2.26. The molecule has 0 bridgehead atoms. The molecule has 3 heterocycles. The Morgan fingerprint density at radius 3 is 2.77 bits per heavy atom. The molecular weight excluding hydrogens is 388 g/mol.